The molecule has 0 aromatic rings. The number of unbranched alkanes of at least 4 members (excludes halogenated alkanes) is 1. The summed E-state index contributed by atoms with van der Waals surface area (Å²) in [6, 6.07) is 0. The standard InChI is InChI=1S/C19H38F2N2.C3H8.CH3FO/c1-7-23(6)15-18(16(2)3)12-10-14-22-13-9-8-11-17(4)19(5,20)21;1-3-2;2-1-3/h11,16,18,22H,7-10,12-15H2,1-6H3;3H2,1-2H3;3H,1H2/b17-11+;;. The molecule has 0 aromatic heterocycles. The number of aliphatic hydroxyl groups excluding tert-OH is 1. The van der Waals surface area contributed by atoms with Gasteiger partial charge in [-0.1, -0.05) is 47.1 Å². The summed E-state index contributed by atoms with van der Waals surface area (Å²) >= 11 is 0. The predicted octanol–water partition coefficient (Wildman–Crippen LogP) is 6.28. The lowest BCUT2D eigenvalue weighted by Gasteiger charge is -2.26. The van der Waals surface area contributed by atoms with Crippen molar-refractivity contribution in [1.29, 1.82) is 0 Å². The van der Waals surface area contributed by atoms with Crippen molar-refractivity contribution >= 4 is 0 Å². The van der Waals surface area contributed by atoms with Crippen LogP contribution >= 0.6 is 0 Å². The summed E-state index contributed by atoms with van der Waals surface area (Å²) in [5.41, 5.74) is 0.178. The average molecular weight is 427 g/mol. The summed E-state index contributed by atoms with van der Waals surface area (Å²) in [7, 11) is 2.18. The van der Waals surface area contributed by atoms with Crippen LogP contribution in [0.3, 0.4) is 0 Å². The molecule has 178 valence electrons. The van der Waals surface area contributed by atoms with Gasteiger partial charge in [-0.25, -0.2) is 13.2 Å². The number of rotatable bonds is 13. The fourth-order valence-corrected chi connectivity index (χ4v) is 2.50. The van der Waals surface area contributed by atoms with E-state index in [9.17, 15) is 13.2 Å². The van der Waals surface area contributed by atoms with Crippen LogP contribution in [0.15, 0.2) is 11.6 Å². The van der Waals surface area contributed by atoms with Crippen molar-refractivity contribution in [2.75, 3.05) is 40.1 Å². The smallest absolute Gasteiger partial charge is 0.266 e. The number of allylic oxidation sites excluding steroid dienone is 2. The van der Waals surface area contributed by atoms with Crippen molar-refractivity contribution in [2.45, 2.75) is 86.5 Å². The lowest BCUT2D eigenvalue weighted by molar-refractivity contribution is 0.0631. The lowest BCUT2D eigenvalue weighted by Crippen LogP contribution is -2.29. The van der Waals surface area contributed by atoms with Crippen LogP contribution in [0.2, 0.25) is 0 Å². The molecule has 6 heteroatoms. The van der Waals surface area contributed by atoms with Crippen LogP contribution in [-0.4, -0.2) is 56.0 Å². The molecular weight excluding hydrogens is 377 g/mol. The van der Waals surface area contributed by atoms with Gasteiger partial charge in [0.15, 0.2) is 6.86 Å². The second-order valence-corrected chi connectivity index (χ2v) is 8.00. The molecule has 0 amide bonds. The molecule has 1 unspecified atom stereocenters. The molecule has 1 atom stereocenters. The largest absolute Gasteiger partial charge is 0.366 e. The maximum Gasteiger partial charge on any atom is 0.266 e. The Morgan fingerprint density at radius 2 is 1.62 bits per heavy atom. The van der Waals surface area contributed by atoms with Crippen LogP contribution in [0.4, 0.5) is 13.2 Å². The Kier molecular flexibility index (Phi) is 25.2. The van der Waals surface area contributed by atoms with Crippen molar-refractivity contribution in [1.82, 2.24) is 10.2 Å². The van der Waals surface area contributed by atoms with Crippen molar-refractivity contribution in [2.24, 2.45) is 11.8 Å². The van der Waals surface area contributed by atoms with Crippen LogP contribution in [0.1, 0.15) is 80.6 Å². The van der Waals surface area contributed by atoms with E-state index in [-0.39, 0.29) is 5.57 Å². The Balaban J connectivity index is -0.000000993. The van der Waals surface area contributed by atoms with Gasteiger partial charge in [0.1, 0.15) is 0 Å². The van der Waals surface area contributed by atoms with Crippen molar-refractivity contribution in [3.8, 4) is 0 Å². The quantitative estimate of drug-likeness (QED) is 0.269. The fraction of sp³-hybridized carbons (Fsp3) is 0.913. The first-order valence-corrected chi connectivity index (χ1v) is 11.1. The zero-order valence-electron chi connectivity index (χ0n) is 20.3. The molecule has 0 spiro atoms. The van der Waals surface area contributed by atoms with E-state index in [2.05, 4.69) is 51.9 Å². The van der Waals surface area contributed by atoms with E-state index >= 15 is 0 Å². The third kappa shape index (κ3) is 25.4. The van der Waals surface area contributed by atoms with Gasteiger partial charge in [-0.3, -0.25) is 0 Å². The number of nitrogens with zero attached hydrogens (tertiary/aromatic N) is 1. The highest BCUT2D eigenvalue weighted by atomic mass is 19.3. The zero-order chi connectivity index (χ0) is 23.3. The second-order valence-electron chi connectivity index (χ2n) is 8.00. The Morgan fingerprint density at radius 1 is 1.14 bits per heavy atom. The molecular formula is C23H49F3N2O. The van der Waals surface area contributed by atoms with Gasteiger partial charge >= 0.3 is 0 Å². The number of alkyl halides is 3. The minimum absolute atomic E-state index is 0.178. The average Bonchev–Trinajstić information content (AvgIpc) is 2.62. The lowest BCUT2D eigenvalue weighted by atomic mass is 9.90. The van der Waals surface area contributed by atoms with Crippen LogP contribution in [-0.2, 0) is 0 Å². The minimum atomic E-state index is -2.68. The molecule has 0 aliphatic carbocycles. The molecule has 0 heterocycles. The van der Waals surface area contributed by atoms with E-state index < -0.39 is 12.8 Å². The van der Waals surface area contributed by atoms with E-state index in [0.717, 1.165) is 45.3 Å². The summed E-state index contributed by atoms with van der Waals surface area (Å²) in [4.78, 5) is 2.39. The Morgan fingerprint density at radius 3 is 2.03 bits per heavy atom. The normalized spacial score (nSPS) is 13.0. The topological polar surface area (TPSA) is 35.5 Å². The molecule has 2 N–H and O–H groups in total. The SMILES string of the molecule is CCC.CCN(C)CC(CCCNCCC/C=C(\C)C(C)(F)F)C(C)C.OCF. The molecule has 0 aliphatic heterocycles. The molecule has 0 aliphatic rings. The Hall–Kier alpha value is -0.590. The fourth-order valence-electron chi connectivity index (χ4n) is 2.50. The summed E-state index contributed by atoms with van der Waals surface area (Å²) < 4.78 is 35.8. The molecule has 0 fully saturated rings. The molecule has 0 bridgehead atoms. The Bertz CT molecular complexity index is 357. The maximum atomic E-state index is 13.0. The van der Waals surface area contributed by atoms with Crippen molar-refractivity contribution < 1.29 is 18.3 Å². The molecule has 0 aromatic carbocycles. The number of aliphatic hydroxyl groups is 1. The Labute approximate surface area is 179 Å². The summed E-state index contributed by atoms with van der Waals surface area (Å²) in [5.74, 6) is -1.21. The van der Waals surface area contributed by atoms with Crippen LogP contribution in [0.5, 0.6) is 0 Å². The van der Waals surface area contributed by atoms with Crippen LogP contribution in [0, 0.1) is 11.8 Å². The van der Waals surface area contributed by atoms with Gasteiger partial charge in [-0.15, -0.1) is 0 Å². The van der Waals surface area contributed by atoms with E-state index in [0.29, 0.717) is 5.92 Å². The number of nitrogens with one attached hydrogen (secondary N) is 1. The van der Waals surface area contributed by atoms with E-state index in [1.54, 1.807) is 6.08 Å². The van der Waals surface area contributed by atoms with E-state index in [4.69, 9.17) is 5.11 Å². The molecule has 3 nitrogen and oxygen atoms in total. The highest BCUT2D eigenvalue weighted by Crippen LogP contribution is 2.22. The highest BCUT2D eigenvalue weighted by molar-refractivity contribution is 5.07. The zero-order valence-corrected chi connectivity index (χ0v) is 20.3. The van der Waals surface area contributed by atoms with E-state index in [1.807, 2.05) is 0 Å². The second kappa shape index (κ2) is 22.1. The van der Waals surface area contributed by atoms with Crippen LogP contribution < -0.4 is 5.32 Å². The number of hydrogen-bond acceptors (Lipinski definition) is 3. The highest BCUT2D eigenvalue weighted by Gasteiger charge is 2.22. The first kappa shape index (κ1) is 33.1. The maximum absolute atomic E-state index is 13.0. The molecule has 0 radical (unpaired) electrons. The van der Waals surface area contributed by atoms with Crippen molar-refractivity contribution in [3.05, 3.63) is 11.6 Å². The third-order valence-electron chi connectivity index (χ3n) is 4.66. The summed E-state index contributed by atoms with van der Waals surface area (Å²) in [5, 5.41) is 10.3. The van der Waals surface area contributed by atoms with Crippen LogP contribution in [0.25, 0.3) is 0 Å². The third-order valence-corrected chi connectivity index (χ3v) is 4.66. The van der Waals surface area contributed by atoms with Gasteiger partial charge in [0, 0.05) is 13.5 Å². The number of hydrogen-bond donors (Lipinski definition) is 2. The van der Waals surface area contributed by atoms with Gasteiger partial charge < -0.3 is 15.3 Å². The molecule has 0 saturated carbocycles. The summed E-state index contributed by atoms with van der Waals surface area (Å²) in [6.07, 6.45) is 6.98. The van der Waals surface area contributed by atoms with Gasteiger partial charge in [0.25, 0.3) is 5.92 Å². The van der Waals surface area contributed by atoms with Gasteiger partial charge in [-0.2, -0.15) is 0 Å². The minimum Gasteiger partial charge on any atom is -0.366 e. The summed E-state index contributed by atoms with van der Waals surface area (Å²) in [6.45, 7) is 16.5. The monoisotopic (exact) mass is 426 g/mol. The first-order chi connectivity index (χ1) is 13.5. The van der Waals surface area contributed by atoms with E-state index in [1.165, 1.54) is 32.7 Å². The van der Waals surface area contributed by atoms with Crippen molar-refractivity contribution in [3.63, 3.8) is 0 Å². The van der Waals surface area contributed by atoms with Gasteiger partial charge in [-0.05, 0) is 76.7 Å². The van der Waals surface area contributed by atoms with Gasteiger partial charge in [0.05, 0.1) is 0 Å². The first-order valence-electron chi connectivity index (χ1n) is 11.1. The predicted molar refractivity (Wildman–Crippen MR) is 121 cm³/mol. The number of halogens is 3. The molecule has 0 rings (SSSR count). The molecule has 0 saturated heterocycles. The van der Waals surface area contributed by atoms with Gasteiger partial charge in [0.2, 0.25) is 0 Å². The molecule has 29 heavy (non-hydrogen) atoms.